The number of nitrogens with one attached hydrogen (secondary N) is 1. The molecule has 1 aliphatic rings. The fourth-order valence-corrected chi connectivity index (χ4v) is 3.66. The van der Waals surface area contributed by atoms with Gasteiger partial charge >= 0.3 is 0 Å². The van der Waals surface area contributed by atoms with Crippen molar-refractivity contribution in [2.45, 2.75) is 26.2 Å². The number of aromatic nitrogens is 1. The van der Waals surface area contributed by atoms with Crippen LogP contribution >= 0.6 is 11.3 Å². The second-order valence-electron chi connectivity index (χ2n) is 5.50. The Morgan fingerprint density at radius 1 is 1.30 bits per heavy atom. The summed E-state index contributed by atoms with van der Waals surface area (Å²) in [6, 6.07) is 8.22. The number of thiazole rings is 1. The van der Waals surface area contributed by atoms with E-state index in [1.165, 1.54) is 4.88 Å². The molecule has 1 aromatic heterocycles. The van der Waals surface area contributed by atoms with Gasteiger partial charge in [-0.3, -0.25) is 0 Å². The Kier molecular flexibility index (Phi) is 5.27. The van der Waals surface area contributed by atoms with E-state index in [1.807, 2.05) is 24.3 Å². The first-order valence-electron chi connectivity index (χ1n) is 7.75. The zero-order valence-electron chi connectivity index (χ0n) is 13.7. The van der Waals surface area contributed by atoms with Crippen molar-refractivity contribution in [3.63, 3.8) is 0 Å². The summed E-state index contributed by atoms with van der Waals surface area (Å²) in [5.41, 5.74) is 2.17. The van der Waals surface area contributed by atoms with E-state index >= 15 is 0 Å². The lowest BCUT2D eigenvalue weighted by Gasteiger charge is -2.15. The maximum absolute atomic E-state index is 5.46. The molecule has 1 aromatic carbocycles. The van der Waals surface area contributed by atoms with Crippen molar-refractivity contribution in [3.05, 3.63) is 34.8 Å². The molecule has 23 heavy (non-hydrogen) atoms. The summed E-state index contributed by atoms with van der Waals surface area (Å²) in [7, 11) is 1.67. The van der Waals surface area contributed by atoms with Crippen LogP contribution in [-0.2, 0) is 9.47 Å². The highest BCUT2D eigenvalue weighted by Crippen LogP contribution is 2.32. The lowest BCUT2D eigenvalue weighted by Crippen LogP contribution is -2.29. The average Bonchev–Trinajstić information content (AvgIpc) is 3.22. The van der Waals surface area contributed by atoms with Gasteiger partial charge in [0.15, 0.2) is 6.29 Å². The Bertz CT molecular complexity index is 636. The van der Waals surface area contributed by atoms with Gasteiger partial charge in [0.2, 0.25) is 0 Å². The van der Waals surface area contributed by atoms with Crippen LogP contribution in [0.2, 0.25) is 0 Å². The first kappa shape index (κ1) is 16.4. The van der Waals surface area contributed by atoms with Crippen LogP contribution in [0.3, 0.4) is 0 Å². The third-order valence-electron chi connectivity index (χ3n) is 3.84. The lowest BCUT2D eigenvalue weighted by molar-refractivity contribution is -0.0403. The summed E-state index contributed by atoms with van der Waals surface area (Å²) < 4.78 is 16.1. The predicted molar refractivity (Wildman–Crippen MR) is 90.9 cm³/mol. The van der Waals surface area contributed by atoms with Crippen molar-refractivity contribution in [2.75, 3.05) is 26.9 Å². The van der Waals surface area contributed by atoms with Gasteiger partial charge in [-0.05, 0) is 38.1 Å². The van der Waals surface area contributed by atoms with Gasteiger partial charge in [-0.1, -0.05) is 0 Å². The van der Waals surface area contributed by atoms with E-state index in [1.54, 1.807) is 18.4 Å². The molecule has 1 atom stereocenters. The number of hydrogen-bond donors (Lipinski definition) is 1. The highest BCUT2D eigenvalue weighted by atomic mass is 32.1. The second-order valence-corrected chi connectivity index (χ2v) is 6.53. The number of rotatable bonds is 6. The molecule has 0 aliphatic carbocycles. The zero-order chi connectivity index (χ0) is 16.2. The van der Waals surface area contributed by atoms with Crippen LogP contribution in [0.1, 0.15) is 23.5 Å². The molecule has 6 heteroatoms. The Morgan fingerprint density at radius 3 is 2.65 bits per heavy atom. The van der Waals surface area contributed by atoms with Crippen molar-refractivity contribution in [1.82, 2.24) is 10.3 Å². The molecule has 0 bridgehead atoms. The van der Waals surface area contributed by atoms with Gasteiger partial charge in [-0.25, -0.2) is 4.98 Å². The Balaban J connectivity index is 1.68. The molecule has 0 spiro atoms. The van der Waals surface area contributed by atoms with Crippen LogP contribution in [0, 0.1) is 6.92 Å². The van der Waals surface area contributed by atoms with E-state index in [-0.39, 0.29) is 12.3 Å². The van der Waals surface area contributed by atoms with E-state index < -0.39 is 0 Å². The SMILES string of the molecule is COc1ccc(-c2nc(C)c([C@@H](C)NCC3OCCO3)s2)cc1. The topological polar surface area (TPSA) is 52.6 Å². The summed E-state index contributed by atoms with van der Waals surface area (Å²) >= 11 is 1.72. The third-order valence-corrected chi connectivity index (χ3v) is 5.23. The number of nitrogens with zero attached hydrogens (tertiary/aromatic N) is 1. The Hall–Kier alpha value is -1.47. The van der Waals surface area contributed by atoms with E-state index in [2.05, 4.69) is 19.2 Å². The number of aryl methyl sites for hydroxylation is 1. The predicted octanol–water partition coefficient (Wildman–Crippen LogP) is 3.15. The Morgan fingerprint density at radius 2 is 2.00 bits per heavy atom. The van der Waals surface area contributed by atoms with Crippen molar-refractivity contribution in [2.24, 2.45) is 0 Å². The molecule has 0 radical (unpaired) electrons. The lowest BCUT2D eigenvalue weighted by atomic mass is 10.2. The molecule has 0 amide bonds. The minimum Gasteiger partial charge on any atom is -0.497 e. The largest absolute Gasteiger partial charge is 0.497 e. The molecule has 1 fully saturated rings. The van der Waals surface area contributed by atoms with Crippen molar-refractivity contribution in [3.8, 4) is 16.3 Å². The zero-order valence-corrected chi connectivity index (χ0v) is 14.5. The van der Waals surface area contributed by atoms with Crippen molar-refractivity contribution >= 4 is 11.3 Å². The fraction of sp³-hybridized carbons (Fsp3) is 0.471. The number of ether oxygens (including phenoxy) is 3. The van der Waals surface area contributed by atoms with Crippen LogP contribution < -0.4 is 10.1 Å². The second kappa shape index (κ2) is 7.40. The molecule has 1 N–H and O–H groups in total. The smallest absolute Gasteiger partial charge is 0.170 e. The van der Waals surface area contributed by atoms with E-state index in [4.69, 9.17) is 19.2 Å². The van der Waals surface area contributed by atoms with Crippen LogP contribution in [-0.4, -0.2) is 38.1 Å². The molecule has 2 aromatic rings. The van der Waals surface area contributed by atoms with E-state index in [9.17, 15) is 0 Å². The summed E-state index contributed by atoms with van der Waals surface area (Å²) in [6.45, 7) is 6.26. The van der Waals surface area contributed by atoms with Crippen molar-refractivity contribution in [1.29, 1.82) is 0 Å². The average molecular weight is 334 g/mol. The highest BCUT2D eigenvalue weighted by Gasteiger charge is 2.19. The number of methoxy groups -OCH3 is 1. The van der Waals surface area contributed by atoms with Gasteiger partial charge in [-0.15, -0.1) is 11.3 Å². The minimum atomic E-state index is -0.133. The normalized spacial score (nSPS) is 16.7. The van der Waals surface area contributed by atoms with E-state index in [0.717, 1.165) is 22.0 Å². The monoisotopic (exact) mass is 334 g/mol. The van der Waals surface area contributed by atoms with Gasteiger partial charge in [0, 0.05) is 23.0 Å². The summed E-state index contributed by atoms with van der Waals surface area (Å²) in [4.78, 5) is 5.96. The molecule has 1 aliphatic heterocycles. The fourth-order valence-electron chi connectivity index (χ4n) is 2.56. The standard InChI is InChI=1S/C17H22N2O3S/c1-11(18-10-15-21-8-9-22-15)16-12(2)19-17(23-16)13-4-6-14(20-3)7-5-13/h4-7,11,15,18H,8-10H2,1-3H3/t11-/m1/s1. The molecule has 1 saturated heterocycles. The molecule has 0 saturated carbocycles. The molecule has 2 heterocycles. The van der Waals surface area contributed by atoms with Gasteiger partial charge in [-0.2, -0.15) is 0 Å². The molecule has 0 unspecified atom stereocenters. The molecular formula is C17H22N2O3S. The summed E-state index contributed by atoms with van der Waals surface area (Å²) in [5.74, 6) is 0.855. The first-order valence-corrected chi connectivity index (χ1v) is 8.57. The summed E-state index contributed by atoms with van der Waals surface area (Å²) in [5, 5.41) is 4.49. The Labute approximate surface area is 140 Å². The van der Waals surface area contributed by atoms with E-state index in [0.29, 0.717) is 19.8 Å². The van der Waals surface area contributed by atoms with Crippen LogP contribution in [0.5, 0.6) is 5.75 Å². The minimum absolute atomic E-state index is 0.133. The first-order chi connectivity index (χ1) is 11.2. The maximum atomic E-state index is 5.46. The molecule has 124 valence electrons. The number of benzene rings is 1. The molecular weight excluding hydrogens is 312 g/mol. The highest BCUT2D eigenvalue weighted by molar-refractivity contribution is 7.15. The van der Waals surface area contributed by atoms with Crippen LogP contribution in [0.4, 0.5) is 0 Å². The quantitative estimate of drug-likeness (QED) is 0.879. The van der Waals surface area contributed by atoms with Gasteiger partial charge in [0.1, 0.15) is 10.8 Å². The molecule has 3 rings (SSSR count). The van der Waals surface area contributed by atoms with Gasteiger partial charge in [0.25, 0.3) is 0 Å². The van der Waals surface area contributed by atoms with Crippen molar-refractivity contribution < 1.29 is 14.2 Å². The van der Waals surface area contributed by atoms with Gasteiger partial charge in [0.05, 0.1) is 26.0 Å². The summed E-state index contributed by atoms with van der Waals surface area (Å²) in [6.07, 6.45) is -0.133. The third kappa shape index (κ3) is 3.90. The van der Waals surface area contributed by atoms with Crippen LogP contribution in [0.15, 0.2) is 24.3 Å². The number of hydrogen-bond acceptors (Lipinski definition) is 6. The molecule has 5 nitrogen and oxygen atoms in total. The maximum Gasteiger partial charge on any atom is 0.170 e. The van der Waals surface area contributed by atoms with Crippen LogP contribution in [0.25, 0.3) is 10.6 Å². The van der Waals surface area contributed by atoms with Gasteiger partial charge < -0.3 is 19.5 Å².